The van der Waals surface area contributed by atoms with Crippen molar-refractivity contribution in [2.24, 2.45) is 7.05 Å². The van der Waals surface area contributed by atoms with E-state index in [1.807, 2.05) is 11.1 Å². The second kappa shape index (κ2) is 6.41. The summed E-state index contributed by atoms with van der Waals surface area (Å²) in [5, 5.41) is 4.15. The summed E-state index contributed by atoms with van der Waals surface area (Å²) in [6.45, 7) is 1.01. The van der Waals surface area contributed by atoms with Gasteiger partial charge < -0.3 is 0 Å². The van der Waals surface area contributed by atoms with Gasteiger partial charge in [-0.3, -0.25) is 9.58 Å². The van der Waals surface area contributed by atoms with Crippen molar-refractivity contribution < 1.29 is 12.8 Å². The van der Waals surface area contributed by atoms with E-state index in [1.165, 1.54) is 6.07 Å². The molecule has 2 aromatic rings. The van der Waals surface area contributed by atoms with Gasteiger partial charge in [0.2, 0.25) is 0 Å². The minimum absolute atomic E-state index is 0.0488. The van der Waals surface area contributed by atoms with Gasteiger partial charge >= 0.3 is 0 Å². The molecule has 0 radical (unpaired) electrons. The molecule has 0 amide bonds. The van der Waals surface area contributed by atoms with E-state index in [0.717, 1.165) is 5.56 Å². The Morgan fingerprint density at radius 1 is 1.35 bits per heavy atom. The van der Waals surface area contributed by atoms with E-state index in [9.17, 15) is 12.8 Å². The monoisotopic (exact) mass is 337 g/mol. The first kappa shape index (κ1) is 16.1. The van der Waals surface area contributed by atoms with Crippen LogP contribution in [0.2, 0.25) is 0 Å². The number of nitrogens with zero attached hydrogens (tertiary/aromatic N) is 3. The minimum Gasteiger partial charge on any atom is -0.291 e. The summed E-state index contributed by atoms with van der Waals surface area (Å²) < 4.78 is 40.0. The number of hydrogen-bond donors (Lipinski definition) is 0. The number of halogens is 1. The third-order valence-corrected chi connectivity index (χ3v) is 5.93. The standard InChI is InChI=1S/C16H20FN3O2S/c1-19-10-14(9-18-19)16-12-23(21,22)8-4-7-20(16)11-13-5-2-3-6-15(13)17/h2-3,5-6,9-10,16H,4,7-8,11-12H2,1H3/t16-/m0/s1. The van der Waals surface area contributed by atoms with Gasteiger partial charge in [-0.15, -0.1) is 0 Å². The number of aromatic nitrogens is 2. The second-order valence-electron chi connectivity index (χ2n) is 5.99. The first-order valence-corrected chi connectivity index (χ1v) is 9.43. The zero-order chi connectivity index (χ0) is 16.4. The van der Waals surface area contributed by atoms with Crippen LogP contribution < -0.4 is 0 Å². The smallest absolute Gasteiger partial charge is 0.152 e. The summed E-state index contributed by atoms with van der Waals surface area (Å²) >= 11 is 0. The van der Waals surface area contributed by atoms with Crippen LogP contribution in [0.5, 0.6) is 0 Å². The summed E-state index contributed by atoms with van der Waals surface area (Å²) in [5.74, 6) is -0.0328. The maximum atomic E-state index is 14.0. The molecule has 1 atom stereocenters. The lowest BCUT2D eigenvalue weighted by Crippen LogP contribution is -2.31. The molecule has 23 heavy (non-hydrogen) atoms. The van der Waals surface area contributed by atoms with E-state index in [-0.39, 0.29) is 23.4 Å². The summed E-state index contributed by atoms with van der Waals surface area (Å²) in [6.07, 6.45) is 4.09. The molecule has 0 spiro atoms. The van der Waals surface area contributed by atoms with E-state index < -0.39 is 9.84 Å². The van der Waals surface area contributed by atoms with Crippen LogP contribution in [0.4, 0.5) is 4.39 Å². The van der Waals surface area contributed by atoms with Crippen LogP contribution in [-0.2, 0) is 23.4 Å². The molecular formula is C16H20FN3O2S. The maximum absolute atomic E-state index is 14.0. The molecule has 1 saturated heterocycles. The number of hydrogen-bond acceptors (Lipinski definition) is 4. The molecule has 5 nitrogen and oxygen atoms in total. The molecule has 2 heterocycles. The van der Waals surface area contributed by atoms with Gasteiger partial charge in [0, 0.05) is 37.5 Å². The largest absolute Gasteiger partial charge is 0.291 e. The average Bonchev–Trinajstić information content (AvgIpc) is 2.86. The van der Waals surface area contributed by atoms with Crippen molar-refractivity contribution in [1.82, 2.24) is 14.7 Å². The summed E-state index contributed by atoms with van der Waals surface area (Å²) in [4.78, 5) is 2.04. The fourth-order valence-corrected chi connectivity index (χ4v) is 4.65. The van der Waals surface area contributed by atoms with Crippen molar-refractivity contribution >= 4 is 9.84 Å². The molecule has 0 bridgehead atoms. The summed E-state index contributed by atoms with van der Waals surface area (Å²) in [6, 6.07) is 6.34. The van der Waals surface area contributed by atoms with E-state index in [1.54, 1.807) is 36.1 Å². The van der Waals surface area contributed by atoms with Crippen LogP contribution >= 0.6 is 0 Å². The predicted octanol–water partition coefficient (Wildman–Crippen LogP) is 1.92. The quantitative estimate of drug-likeness (QED) is 0.859. The van der Waals surface area contributed by atoms with E-state index >= 15 is 0 Å². The molecule has 0 N–H and O–H groups in total. The molecule has 0 aliphatic carbocycles. The Morgan fingerprint density at radius 2 is 2.13 bits per heavy atom. The molecule has 1 aliphatic heterocycles. The third kappa shape index (κ3) is 3.79. The molecule has 3 rings (SSSR count). The highest BCUT2D eigenvalue weighted by atomic mass is 32.2. The van der Waals surface area contributed by atoms with Gasteiger partial charge in [-0.2, -0.15) is 5.10 Å². The van der Waals surface area contributed by atoms with Crippen molar-refractivity contribution in [3.8, 4) is 0 Å². The zero-order valence-electron chi connectivity index (χ0n) is 13.0. The van der Waals surface area contributed by atoms with Gasteiger partial charge in [-0.05, 0) is 12.5 Å². The first-order chi connectivity index (χ1) is 10.9. The number of benzene rings is 1. The fraction of sp³-hybridized carbons (Fsp3) is 0.438. The Kier molecular flexibility index (Phi) is 4.50. The van der Waals surface area contributed by atoms with E-state index in [4.69, 9.17) is 0 Å². The lowest BCUT2D eigenvalue weighted by molar-refractivity contribution is 0.206. The van der Waals surface area contributed by atoms with Crippen molar-refractivity contribution in [2.45, 2.75) is 19.0 Å². The first-order valence-electron chi connectivity index (χ1n) is 7.61. The SMILES string of the molecule is Cn1cc([C@@H]2CS(=O)(=O)CCCN2Cc2ccccc2F)cn1. The normalized spacial score (nSPS) is 21.9. The Labute approximate surface area is 135 Å². The Hall–Kier alpha value is -1.73. The van der Waals surface area contributed by atoms with E-state index in [0.29, 0.717) is 25.1 Å². The van der Waals surface area contributed by atoms with Crippen LogP contribution in [0, 0.1) is 5.82 Å². The van der Waals surface area contributed by atoms with E-state index in [2.05, 4.69) is 5.10 Å². The number of rotatable bonds is 3. The van der Waals surface area contributed by atoms with Gasteiger partial charge in [-0.25, -0.2) is 12.8 Å². The molecule has 7 heteroatoms. The van der Waals surface area contributed by atoms with Gasteiger partial charge in [0.15, 0.2) is 9.84 Å². The van der Waals surface area contributed by atoms with Crippen molar-refractivity contribution in [1.29, 1.82) is 0 Å². The van der Waals surface area contributed by atoms with Gasteiger partial charge in [-0.1, -0.05) is 18.2 Å². The predicted molar refractivity (Wildman–Crippen MR) is 86.0 cm³/mol. The lowest BCUT2D eigenvalue weighted by atomic mass is 10.1. The van der Waals surface area contributed by atoms with Crippen molar-refractivity contribution in [3.63, 3.8) is 0 Å². The fourth-order valence-electron chi connectivity index (χ4n) is 3.03. The Bertz CT molecular complexity index is 788. The second-order valence-corrected chi connectivity index (χ2v) is 8.22. The van der Waals surface area contributed by atoms with Gasteiger partial charge in [0.1, 0.15) is 5.82 Å². The summed E-state index contributed by atoms with van der Waals surface area (Å²) in [5.41, 5.74) is 1.44. The Balaban J connectivity index is 1.93. The highest BCUT2D eigenvalue weighted by molar-refractivity contribution is 7.91. The van der Waals surface area contributed by atoms with Crippen LogP contribution in [0.1, 0.15) is 23.6 Å². The van der Waals surface area contributed by atoms with Crippen LogP contribution in [0.15, 0.2) is 36.7 Å². The molecule has 124 valence electrons. The number of sulfone groups is 1. The maximum Gasteiger partial charge on any atom is 0.152 e. The Morgan fingerprint density at radius 3 is 2.83 bits per heavy atom. The van der Waals surface area contributed by atoms with Crippen LogP contribution in [0.25, 0.3) is 0 Å². The minimum atomic E-state index is -3.12. The third-order valence-electron chi connectivity index (χ3n) is 4.19. The molecule has 0 unspecified atom stereocenters. The van der Waals surface area contributed by atoms with Crippen LogP contribution in [-0.4, -0.2) is 41.1 Å². The molecule has 1 aliphatic rings. The van der Waals surface area contributed by atoms with Gasteiger partial charge in [0.25, 0.3) is 0 Å². The zero-order valence-corrected chi connectivity index (χ0v) is 13.8. The molecular weight excluding hydrogens is 317 g/mol. The molecule has 1 fully saturated rings. The highest BCUT2D eigenvalue weighted by Gasteiger charge is 2.31. The molecule has 0 saturated carbocycles. The summed E-state index contributed by atoms with van der Waals surface area (Å²) in [7, 11) is -1.31. The van der Waals surface area contributed by atoms with Crippen LogP contribution in [0.3, 0.4) is 0 Å². The number of aryl methyl sites for hydroxylation is 1. The molecule has 1 aromatic carbocycles. The van der Waals surface area contributed by atoms with Crippen molar-refractivity contribution in [3.05, 3.63) is 53.6 Å². The van der Waals surface area contributed by atoms with Gasteiger partial charge in [0.05, 0.1) is 23.7 Å². The topological polar surface area (TPSA) is 55.2 Å². The highest BCUT2D eigenvalue weighted by Crippen LogP contribution is 2.28. The molecule has 1 aromatic heterocycles. The van der Waals surface area contributed by atoms with Crippen molar-refractivity contribution in [2.75, 3.05) is 18.1 Å². The lowest BCUT2D eigenvalue weighted by Gasteiger charge is -2.28. The average molecular weight is 337 g/mol.